The van der Waals surface area contributed by atoms with Gasteiger partial charge < -0.3 is 10.4 Å². The lowest BCUT2D eigenvalue weighted by molar-refractivity contribution is 0.217. The molecule has 0 fully saturated rings. The summed E-state index contributed by atoms with van der Waals surface area (Å²) in [6.45, 7) is 1.05. The first-order valence-electron chi connectivity index (χ1n) is 4.72. The van der Waals surface area contributed by atoms with Crippen LogP contribution >= 0.6 is 0 Å². The first-order chi connectivity index (χ1) is 7.16. The molecule has 2 nitrogen and oxygen atoms in total. The van der Waals surface area contributed by atoms with Gasteiger partial charge in [0, 0.05) is 13.1 Å². The summed E-state index contributed by atoms with van der Waals surface area (Å²) in [5.74, 6) is -1.72. The first-order valence-corrected chi connectivity index (χ1v) is 4.72. The smallest absolute Gasteiger partial charge is 0.159 e. The molecule has 2 N–H and O–H groups in total. The minimum Gasteiger partial charge on any atom is -0.388 e. The maximum Gasteiger partial charge on any atom is 0.159 e. The average Bonchev–Trinajstić information content (AvgIpc) is 2.22. The number of aliphatic hydroxyl groups is 1. The highest BCUT2D eigenvalue weighted by atomic mass is 19.2. The van der Waals surface area contributed by atoms with Crippen LogP contribution in [0.3, 0.4) is 0 Å². The van der Waals surface area contributed by atoms with E-state index in [4.69, 9.17) is 0 Å². The second-order valence-corrected chi connectivity index (χ2v) is 3.52. The third-order valence-corrected chi connectivity index (χ3v) is 2.35. The van der Waals surface area contributed by atoms with E-state index >= 15 is 0 Å². The van der Waals surface area contributed by atoms with Gasteiger partial charge in [-0.1, -0.05) is 6.07 Å². The number of aliphatic hydroxyl groups excluding tert-OH is 1. The lowest BCUT2D eigenvalue weighted by atomic mass is 10.0. The van der Waals surface area contributed by atoms with Crippen LogP contribution < -0.4 is 5.32 Å². The van der Waals surface area contributed by atoms with Crippen molar-refractivity contribution in [2.24, 2.45) is 0 Å². The summed E-state index contributed by atoms with van der Waals surface area (Å²) in [5.41, 5.74) is 1.38. The SMILES string of the molecule is OC1C=C(c2ccc(F)c(F)c2)CNC1. The molecule has 1 aromatic carbocycles. The van der Waals surface area contributed by atoms with Gasteiger partial charge in [0.05, 0.1) is 6.10 Å². The van der Waals surface area contributed by atoms with Crippen molar-refractivity contribution in [3.63, 3.8) is 0 Å². The van der Waals surface area contributed by atoms with Gasteiger partial charge in [0.1, 0.15) is 0 Å². The molecular formula is C11H11F2NO. The molecule has 1 aliphatic heterocycles. The molecule has 1 atom stereocenters. The quantitative estimate of drug-likeness (QED) is 0.734. The van der Waals surface area contributed by atoms with Crippen LogP contribution in [0.5, 0.6) is 0 Å². The summed E-state index contributed by atoms with van der Waals surface area (Å²) in [5, 5.41) is 12.3. The van der Waals surface area contributed by atoms with Gasteiger partial charge >= 0.3 is 0 Å². The molecule has 80 valence electrons. The fourth-order valence-electron chi connectivity index (χ4n) is 1.60. The maximum atomic E-state index is 12.9. The van der Waals surface area contributed by atoms with Crippen LogP contribution in [0.25, 0.3) is 5.57 Å². The van der Waals surface area contributed by atoms with Crippen LogP contribution in [0.1, 0.15) is 5.56 Å². The summed E-state index contributed by atoms with van der Waals surface area (Å²) in [6, 6.07) is 3.73. The predicted octanol–water partition coefficient (Wildman–Crippen LogP) is 1.31. The van der Waals surface area contributed by atoms with Crippen LogP contribution in [0, 0.1) is 11.6 Å². The number of halogens is 2. The van der Waals surface area contributed by atoms with Crippen LogP contribution in [-0.2, 0) is 0 Å². The van der Waals surface area contributed by atoms with Crippen LogP contribution in [0.15, 0.2) is 24.3 Å². The van der Waals surface area contributed by atoms with E-state index < -0.39 is 17.7 Å². The molecule has 0 radical (unpaired) electrons. The van der Waals surface area contributed by atoms with E-state index in [1.54, 1.807) is 6.08 Å². The predicted molar refractivity (Wildman–Crippen MR) is 53.2 cm³/mol. The Morgan fingerprint density at radius 1 is 1.27 bits per heavy atom. The van der Waals surface area contributed by atoms with E-state index in [0.29, 0.717) is 18.7 Å². The second kappa shape index (κ2) is 4.08. The zero-order valence-electron chi connectivity index (χ0n) is 8.00. The van der Waals surface area contributed by atoms with E-state index in [9.17, 15) is 13.9 Å². The maximum absolute atomic E-state index is 12.9. The average molecular weight is 211 g/mol. The molecule has 0 spiro atoms. The minimum absolute atomic E-state index is 0.493. The molecule has 0 saturated carbocycles. The van der Waals surface area contributed by atoms with E-state index in [0.717, 1.165) is 17.7 Å². The lowest BCUT2D eigenvalue weighted by Gasteiger charge is -2.18. The monoisotopic (exact) mass is 211 g/mol. The number of rotatable bonds is 1. The van der Waals surface area contributed by atoms with Crippen molar-refractivity contribution < 1.29 is 13.9 Å². The highest BCUT2D eigenvalue weighted by Gasteiger charge is 2.13. The molecule has 2 rings (SSSR count). The number of β-amino-alcohol motifs (C(OH)–C–C–N with tert-alkyl or cyclic N) is 1. The highest BCUT2D eigenvalue weighted by Crippen LogP contribution is 2.19. The molecule has 0 saturated heterocycles. The fraction of sp³-hybridized carbons (Fsp3) is 0.273. The van der Waals surface area contributed by atoms with Gasteiger partial charge in [-0.25, -0.2) is 8.78 Å². The molecule has 1 aliphatic rings. The number of hydrogen-bond acceptors (Lipinski definition) is 2. The van der Waals surface area contributed by atoms with E-state index in [-0.39, 0.29) is 0 Å². The zero-order chi connectivity index (χ0) is 10.8. The Balaban J connectivity index is 2.33. The zero-order valence-corrected chi connectivity index (χ0v) is 8.00. The van der Waals surface area contributed by atoms with E-state index in [1.165, 1.54) is 6.07 Å². The second-order valence-electron chi connectivity index (χ2n) is 3.52. The molecule has 15 heavy (non-hydrogen) atoms. The Labute approximate surface area is 86.2 Å². The van der Waals surface area contributed by atoms with Gasteiger partial charge in [0.15, 0.2) is 11.6 Å². The Morgan fingerprint density at radius 3 is 2.73 bits per heavy atom. The topological polar surface area (TPSA) is 32.3 Å². The van der Waals surface area contributed by atoms with Crippen molar-refractivity contribution in [2.75, 3.05) is 13.1 Å². The Kier molecular flexibility index (Phi) is 2.79. The van der Waals surface area contributed by atoms with E-state index in [2.05, 4.69) is 5.32 Å². The standard InChI is InChI=1S/C11H11F2NO/c12-10-2-1-7(4-11(10)13)8-3-9(15)6-14-5-8/h1-4,9,14-15H,5-6H2. The van der Waals surface area contributed by atoms with Crippen LogP contribution in [0.2, 0.25) is 0 Å². The summed E-state index contributed by atoms with van der Waals surface area (Å²) < 4.78 is 25.6. The van der Waals surface area contributed by atoms with Crippen molar-refractivity contribution in [3.8, 4) is 0 Å². The number of nitrogens with one attached hydrogen (secondary N) is 1. The van der Waals surface area contributed by atoms with Gasteiger partial charge in [-0.3, -0.25) is 0 Å². The van der Waals surface area contributed by atoms with Crippen molar-refractivity contribution in [1.29, 1.82) is 0 Å². The first kappa shape index (κ1) is 10.3. The van der Waals surface area contributed by atoms with Gasteiger partial charge in [-0.05, 0) is 29.3 Å². The highest BCUT2D eigenvalue weighted by molar-refractivity contribution is 5.68. The number of hydrogen-bond donors (Lipinski definition) is 2. The van der Waals surface area contributed by atoms with Gasteiger partial charge in [-0.2, -0.15) is 0 Å². The molecule has 4 heteroatoms. The van der Waals surface area contributed by atoms with Crippen molar-refractivity contribution >= 4 is 5.57 Å². The normalized spacial score (nSPS) is 21.3. The molecule has 1 aromatic rings. The Hall–Kier alpha value is -1.26. The third-order valence-electron chi connectivity index (χ3n) is 2.35. The largest absolute Gasteiger partial charge is 0.388 e. The molecule has 0 aliphatic carbocycles. The van der Waals surface area contributed by atoms with Crippen molar-refractivity contribution in [2.45, 2.75) is 6.10 Å². The molecule has 1 unspecified atom stereocenters. The van der Waals surface area contributed by atoms with Gasteiger partial charge in [0.25, 0.3) is 0 Å². The van der Waals surface area contributed by atoms with Crippen LogP contribution in [0.4, 0.5) is 8.78 Å². The van der Waals surface area contributed by atoms with Gasteiger partial charge in [-0.15, -0.1) is 0 Å². The Morgan fingerprint density at radius 2 is 2.07 bits per heavy atom. The van der Waals surface area contributed by atoms with Gasteiger partial charge in [0.2, 0.25) is 0 Å². The number of benzene rings is 1. The lowest BCUT2D eigenvalue weighted by Crippen LogP contribution is -2.31. The molecule has 1 heterocycles. The summed E-state index contributed by atoms with van der Waals surface area (Å²) >= 11 is 0. The van der Waals surface area contributed by atoms with Crippen molar-refractivity contribution in [3.05, 3.63) is 41.5 Å². The summed E-state index contributed by atoms with van der Waals surface area (Å²) in [4.78, 5) is 0. The molecule has 0 bridgehead atoms. The molecule has 0 amide bonds. The summed E-state index contributed by atoms with van der Waals surface area (Å²) in [7, 11) is 0. The van der Waals surface area contributed by atoms with Crippen molar-refractivity contribution in [1.82, 2.24) is 5.32 Å². The Bertz CT molecular complexity index is 404. The molecule has 0 aromatic heterocycles. The minimum atomic E-state index is -0.867. The fourth-order valence-corrected chi connectivity index (χ4v) is 1.60. The van der Waals surface area contributed by atoms with Crippen LogP contribution in [-0.4, -0.2) is 24.3 Å². The molecular weight excluding hydrogens is 200 g/mol. The third kappa shape index (κ3) is 2.22. The summed E-state index contributed by atoms with van der Waals surface area (Å²) in [6.07, 6.45) is 1.09. The van der Waals surface area contributed by atoms with E-state index in [1.807, 2.05) is 0 Å².